The standard InChI is InChI=1S/C17H25N5/c1-3-21-9-8-19-17(21)14-22-11-10-20(12-15(22)2)13-16-6-4-5-7-18-16/h4-9,15H,3,10-14H2,1-2H3. The van der Waals surface area contributed by atoms with Crippen LogP contribution in [0.3, 0.4) is 0 Å². The smallest absolute Gasteiger partial charge is 0.122 e. The molecular formula is C17H25N5. The molecule has 1 saturated heterocycles. The first-order chi connectivity index (χ1) is 10.8. The molecule has 0 amide bonds. The fourth-order valence-corrected chi connectivity index (χ4v) is 3.13. The second kappa shape index (κ2) is 7.03. The molecule has 1 aliphatic rings. The van der Waals surface area contributed by atoms with Gasteiger partial charge >= 0.3 is 0 Å². The third-order valence-electron chi connectivity index (χ3n) is 4.45. The van der Waals surface area contributed by atoms with E-state index in [-0.39, 0.29) is 0 Å². The third kappa shape index (κ3) is 3.54. The van der Waals surface area contributed by atoms with Crippen LogP contribution < -0.4 is 0 Å². The van der Waals surface area contributed by atoms with Crippen molar-refractivity contribution < 1.29 is 0 Å². The number of nitrogens with zero attached hydrogens (tertiary/aromatic N) is 5. The Kier molecular flexibility index (Phi) is 4.85. The Labute approximate surface area is 132 Å². The van der Waals surface area contributed by atoms with E-state index < -0.39 is 0 Å². The molecule has 0 saturated carbocycles. The zero-order chi connectivity index (χ0) is 15.4. The number of hydrogen-bond donors (Lipinski definition) is 0. The molecule has 0 bridgehead atoms. The fraction of sp³-hybridized carbons (Fsp3) is 0.529. The molecule has 2 aromatic heterocycles. The highest BCUT2D eigenvalue weighted by molar-refractivity contribution is 5.04. The Morgan fingerprint density at radius 2 is 2.05 bits per heavy atom. The van der Waals surface area contributed by atoms with E-state index in [1.54, 1.807) is 0 Å². The molecule has 1 aliphatic heterocycles. The van der Waals surface area contributed by atoms with Gasteiger partial charge in [0.15, 0.2) is 0 Å². The fourth-order valence-electron chi connectivity index (χ4n) is 3.13. The van der Waals surface area contributed by atoms with E-state index in [1.165, 1.54) is 5.82 Å². The molecule has 22 heavy (non-hydrogen) atoms. The van der Waals surface area contributed by atoms with Gasteiger partial charge in [0.1, 0.15) is 5.82 Å². The molecule has 5 nitrogen and oxygen atoms in total. The summed E-state index contributed by atoms with van der Waals surface area (Å²) >= 11 is 0. The minimum absolute atomic E-state index is 0.541. The van der Waals surface area contributed by atoms with Crippen LogP contribution in [0, 0.1) is 0 Å². The number of rotatable bonds is 5. The van der Waals surface area contributed by atoms with Gasteiger partial charge in [-0.3, -0.25) is 14.8 Å². The Bertz CT molecular complexity index is 580. The predicted molar refractivity (Wildman–Crippen MR) is 87.3 cm³/mol. The molecule has 0 radical (unpaired) electrons. The molecule has 3 heterocycles. The normalized spacial score (nSPS) is 20.4. The van der Waals surface area contributed by atoms with Crippen molar-refractivity contribution in [3.8, 4) is 0 Å². The minimum Gasteiger partial charge on any atom is -0.334 e. The van der Waals surface area contributed by atoms with Crippen molar-refractivity contribution in [2.45, 2.75) is 39.5 Å². The van der Waals surface area contributed by atoms with Crippen molar-refractivity contribution in [1.29, 1.82) is 0 Å². The largest absolute Gasteiger partial charge is 0.334 e. The van der Waals surface area contributed by atoms with Crippen molar-refractivity contribution in [3.63, 3.8) is 0 Å². The summed E-state index contributed by atoms with van der Waals surface area (Å²) in [7, 11) is 0. The van der Waals surface area contributed by atoms with Crippen LogP contribution in [0.1, 0.15) is 25.4 Å². The maximum absolute atomic E-state index is 4.50. The van der Waals surface area contributed by atoms with Crippen molar-refractivity contribution in [2.75, 3.05) is 19.6 Å². The van der Waals surface area contributed by atoms with Gasteiger partial charge in [0, 0.05) is 57.4 Å². The lowest BCUT2D eigenvalue weighted by Gasteiger charge is -2.39. The molecule has 3 rings (SSSR count). The van der Waals surface area contributed by atoms with Gasteiger partial charge < -0.3 is 4.57 Å². The second-order valence-corrected chi connectivity index (χ2v) is 6.01. The van der Waals surface area contributed by atoms with E-state index in [0.717, 1.165) is 45.0 Å². The lowest BCUT2D eigenvalue weighted by molar-refractivity contribution is 0.0698. The summed E-state index contributed by atoms with van der Waals surface area (Å²) in [5, 5.41) is 0. The zero-order valence-corrected chi connectivity index (χ0v) is 13.5. The summed E-state index contributed by atoms with van der Waals surface area (Å²) in [4.78, 5) is 14.0. The average molecular weight is 299 g/mol. The number of hydrogen-bond acceptors (Lipinski definition) is 4. The lowest BCUT2D eigenvalue weighted by atomic mass is 10.1. The molecule has 0 N–H and O–H groups in total. The zero-order valence-electron chi connectivity index (χ0n) is 13.5. The Hall–Kier alpha value is -1.72. The first-order valence-electron chi connectivity index (χ1n) is 8.12. The van der Waals surface area contributed by atoms with Gasteiger partial charge in [-0.2, -0.15) is 0 Å². The lowest BCUT2D eigenvalue weighted by Crippen LogP contribution is -2.51. The summed E-state index contributed by atoms with van der Waals surface area (Å²) in [6, 6.07) is 6.68. The van der Waals surface area contributed by atoms with Gasteiger partial charge in [0.2, 0.25) is 0 Å². The van der Waals surface area contributed by atoms with E-state index in [0.29, 0.717) is 6.04 Å². The van der Waals surface area contributed by atoms with E-state index in [4.69, 9.17) is 0 Å². The van der Waals surface area contributed by atoms with Crippen LogP contribution in [0.4, 0.5) is 0 Å². The van der Waals surface area contributed by atoms with Crippen LogP contribution in [0.5, 0.6) is 0 Å². The maximum atomic E-state index is 4.50. The van der Waals surface area contributed by atoms with Gasteiger partial charge in [0.05, 0.1) is 12.2 Å². The van der Waals surface area contributed by atoms with Gasteiger partial charge in [-0.15, -0.1) is 0 Å². The Balaban J connectivity index is 1.56. The van der Waals surface area contributed by atoms with Crippen molar-refractivity contribution >= 4 is 0 Å². The molecule has 5 heteroatoms. The third-order valence-corrected chi connectivity index (χ3v) is 4.45. The van der Waals surface area contributed by atoms with E-state index >= 15 is 0 Å². The SMILES string of the molecule is CCn1ccnc1CN1CCN(Cc2ccccn2)CC1C. The molecule has 0 spiro atoms. The summed E-state index contributed by atoms with van der Waals surface area (Å²) in [5.41, 5.74) is 1.16. The highest BCUT2D eigenvalue weighted by Gasteiger charge is 2.24. The number of pyridine rings is 1. The number of piperazine rings is 1. The van der Waals surface area contributed by atoms with Gasteiger partial charge in [-0.05, 0) is 26.0 Å². The van der Waals surface area contributed by atoms with Crippen LogP contribution >= 0.6 is 0 Å². The molecule has 2 aromatic rings. The van der Waals surface area contributed by atoms with Crippen LogP contribution in [0.2, 0.25) is 0 Å². The van der Waals surface area contributed by atoms with Crippen LogP contribution in [-0.2, 0) is 19.6 Å². The molecule has 1 unspecified atom stereocenters. The summed E-state index contributed by atoms with van der Waals surface area (Å²) in [6.07, 6.45) is 5.84. The van der Waals surface area contributed by atoms with E-state index in [1.807, 2.05) is 18.5 Å². The quantitative estimate of drug-likeness (QED) is 0.846. The maximum Gasteiger partial charge on any atom is 0.122 e. The van der Waals surface area contributed by atoms with Crippen LogP contribution in [-0.4, -0.2) is 50.0 Å². The highest BCUT2D eigenvalue weighted by atomic mass is 15.3. The van der Waals surface area contributed by atoms with Crippen LogP contribution in [0.15, 0.2) is 36.8 Å². The molecule has 118 valence electrons. The topological polar surface area (TPSA) is 37.2 Å². The Morgan fingerprint density at radius 1 is 1.14 bits per heavy atom. The highest BCUT2D eigenvalue weighted by Crippen LogP contribution is 2.15. The summed E-state index contributed by atoms with van der Waals surface area (Å²) in [5.74, 6) is 1.17. The van der Waals surface area contributed by atoms with Crippen molar-refractivity contribution in [3.05, 3.63) is 48.3 Å². The predicted octanol–water partition coefficient (Wildman–Crippen LogP) is 2.00. The van der Waals surface area contributed by atoms with Gasteiger partial charge in [0.25, 0.3) is 0 Å². The number of imidazole rings is 1. The molecule has 0 aliphatic carbocycles. The molecule has 1 fully saturated rings. The monoisotopic (exact) mass is 299 g/mol. The molecular weight excluding hydrogens is 274 g/mol. The summed E-state index contributed by atoms with van der Waals surface area (Å²) < 4.78 is 2.23. The number of aromatic nitrogens is 3. The minimum atomic E-state index is 0.541. The molecule has 0 aromatic carbocycles. The molecule has 1 atom stereocenters. The average Bonchev–Trinajstić information content (AvgIpc) is 2.98. The van der Waals surface area contributed by atoms with E-state index in [2.05, 4.69) is 56.5 Å². The Morgan fingerprint density at radius 3 is 2.77 bits per heavy atom. The van der Waals surface area contributed by atoms with Gasteiger partial charge in [-0.25, -0.2) is 4.98 Å². The second-order valence-electron chi connectivity index (χ2n) is 6.01. The van der Waals surface area contributed by atoms with Crippen molar-refractivity contribution in [2.24, 2.45) is 0 Å². The van der Waals surface area contributed by atoms with E-state index in [9.17, 15) is 0 Å². The summed E-state index contributed by atoms with van der Waals surface area (Å²) in [6.45, 7) is 10.6. The first kappa shape index (κ1) is 15.2. The van der Waals surface area contributed by atoms with Crippen molar-refractivity contribution in [1.82, 2.24) is 24.3 Å². The van der Waals surface area contributed by atoms with Crippen LogP contribution in [0.25, 0.3) is 0 Å². The first-order valence-corrected chi connectivity index (χ1v) is 8.12. The number of aryl methyl sites for hydroxylation is 1. The van der Waals surface area contributed by atoms with Gasteiger partial charge in [-0.1, -0.05) is 6.07 Å².